The maximum absolute atomic E-state index is 13.8. The van der Waals surface area contributed by atoms with Crippen molar-refractivity contribution in [2.45, 2.75) is 40.3 Å². The summed E-state index contributed by atoms with van der Waals surface area (Å²) in [5.41, 5.74) is 0.566. The SMILES string of the molecule is CC(C)CNCc1cc(F)c(OCCOC(C)C)c(F)c1. The second-order valence-corrected chi connectivity index (χ2v) is 5.68. The van der Waals surface area contributed by atoms with Crippen LogP contribution in [0.5, 0.6) is 5.75 Å². The van der Waals surface area contributed by atoms with Crippen molar-refractivity contribution in [3.63, 3.8) is 0 Å². The molecule has 0 unspecified atom stereocenters. The van der Waals surface area contributed by atoms with Gasteiger partial charge in [0.15, 0.2) is 17.4 Å². The van der Waals surface area contributed by atoms with Crippen LogP contribution in [0.15, 0.2) is 12.1 Å². The van der Waals surface area contributed by atoms with Crippen molar-refractivity contribution in [1.29, 1.82) is 0 Å². The average Bonchev–Trinajstić information content (AvgIpc) is 2.36. The van der Waals surface area contributed by atoms with Crippen molar-refractivity contribution in [2.24, 2.45) is 5.92 Å². The molecule has 5 heteroatoms. The van der Waals surface area contributed by atoms with Gasteiger partial charge in [0.2, 0.25) is 0 Å². The fraction of sp³-hybridized carbons (Fsp3) is 0.625. The number of ether oxygens (including phenoxy) is 2. The quantitative estimate of drug-likeness (QED) is 0.708. The number of benzene rings is 1. The van der Waals surface area contributed by atoms with Crippen LogP contribution in [-0.4, -0.2) is 25.9 Å². The van der Waals surface area contributed by atoms with Crippen LogP contribution in [0.1, 0.15) is 33.3 Å². The van der Waals surface area contributed by atoms with Crippen molar-refractivity contribution in [2.75, 3.05) is 19.8 Å². The number of halogens is 2. The number of hydrogen-bond acceptors (Lipinski definition) is 3. The zero-order valence-electron chi connectivity index (χ0n) is 13.2. The summed E-state index contributed by atoms with van der Waals surface area (Å²) in [4.78, 5) is 0. The topological polar surface area (TPSA) is 30.5 Å². The van der Waals surface area contributed by atoms with Gasteiger partial charge < -0.3 is 14.8 Å². The van der Waals surface area contributed by atoms with Gasteiger partial charge in [0.05, 0.1) is 12.7 Å². The first-order valence-electron chi connectivity index (χ1n) is 7.33. The molecule has 0 saturated heterocycles. The maximum Gasteiger partial charge on any atom is 0.190 e. The summed E-state index contributed by atoms with van der Waals surface area (Å²) in [5.74, 6) is -1.21. The molecule has 1 N–H and O–H groups in total. The Bertz CT molecular complexity index is 413. The number of hydrogen-bond donors (Lipinski definition) is 1. The van der Waals surface area contributed by atoms with Crippen molar-refractivity contribution in [3.8, 4) is 5.75 Å². The van der Waals surface area contributed by atoms with Crippen LogP contribution in [0.25, 0.3) is 0 Å². The van der Waals surface area contributed by atoms with Gasteiger partial charge >= 0.3 is 0 Å². The molecule has 0 aromatic heterocycles. The maximum atomic E-state index is 13.8. The van der Waals surface area contributed by atoms with Gasteiger partial charge in [0.1, 0.15) is 6.61 Å². The van der Waals surface area contributed by atoms with E-state index in [4.69, 9.17) is 9.47 Å². The van der Waals surface area contributed by atoms with Crippen LogP contribution in [0.2, 0.25) is 0 Å². The molecule has 21 heavy (non-hydrogen) atoms. The molecule has 0 spiro atoms. The van der Waals surface area contributed by atoms with E-state index in [0.717, 1.165) is 6.54 Å². The van der Waals surface area contributed by atoms with Crippen LogP contribution in [0.4, 0.5) is 8.78 Å². The lowest BCUT2D eigenvalue weighted by atomic mass is 10.1. The van der Waals surface area contributed by atoms with Crippen LogP contribution < -0.4 is 10.1 Å². The highest BCUT2D eigenvalue weighted by molar-refractivity contribution is 5.31. The van der Waals surface area contributed by atoms with Crippen molar-refractivity contribution in [3.05, 3.63) is 29.3 Å². The molecule has 1 aromatic rings. The Labute approximate surface area is 125 Å². The minimum absolute atomic E-state index is 0.0673. The second-order valence-electron chi connectivity index (χ2n) is 5.68. The van der Waals surface area contributed by atoms with E-state index in [1.807, 2.05) is 13.8 Å². The average molecular weight is 301 g/mol. The molecular weight excluding hydrogens is 276 g/mol. The Kier molecular flexibility index (Phi) is 7.61. The molecule has 0 aliphatic heterocycles. The molecular formula is C16H25F2NO2. The van der Waals surface area contributed by atoms with Crippen LogP contribution in [-0.2, 0) is 11.3 Å². The summed E-state index contributed by atoms with van der Waals surface area (Å²) in [6.45, 7) is 9.58. The van der Waals surface area contributed by atoms with E-state index >= 15 is 0 Å². The van der Waals surface area contributed by atoms with E-state index in [2.05, 4.69) is 19.2 Å². The summed E-state index contributed by atoms with van der Waals surface area (Å²) in [6, 6.07) is 2.60. The lowest BCUT2D eigenvalue weighted by Gasteiger charge is -2.12. The standard InChI is InChI=1S/C16H25F2NO2/c1-11(2)9-19-10-13-7-14(17)16(15(18)8-13)21-6-5-20-12(3)4/h7-8,11-12,19H,5-6,9-10H2,1-4H3. The Balaban J connectivity index is 2.54. The monoisotopic (exact) mass is 301 g/mol. The van der Waals surface area contributed by atoms with Gasteiger partial charge in [0.25, 0.3) is 0 Å². The molecule has 0 amide bonds. The first-order valence-corrected chi connectivity index (χ1v) is 7.33. The van der Waals surface area contributed by atoms with Crippen LogP contribution in [0, 0.1) is 17.6 Å². The first-order chi connectivity index (χ1) is 9.90. The van der Waals surface area contributed by atoms with E-state index in [0.29, 0.717) is 24.6 Å². The van der Waals surface area contributed by atoms with E-state index in [9.17, 15) is 8.78 Å². The Morgan fingerprint density at radius 1 is 1.05 bits per heavy atom. The summed E-state index contributed by atoms with van der Waals surface area (Å²) in [7, 11) is 0. The molecule has 0 atom stereocenters. The zero-order valence-corrected chi connectivity index (χ0v) is 13.2. The van der Waals surface area contributed by atoms with Gasteiger partial charge in [-0.05, 0) is 44.0 Å². The van der Waals surface area contributed by atoms with E-state index in [1.54, 1.807) is 0 Å². The van der Waals surface area contributed by atoms with Crippen molar-refractivity contribution in [1.82, 2.24) is 5.32 Å². The minimum atomic E-state index is -0.680. The molecule has 1 rings (SSSR count). The van der Waals surface area contributed by atoms with Crippen LogP contribution >= 0.6 is 0 Å². The molecule has 0 heterocycles. The Morgan fingerprint density at radius 2 is 1.67 bits per heavy atom. The summed E-state index contributed by atoms with van der Waals surface area (Å²) in [6.07, 6.45) is 0.0673. The minimum Gasteiger partial charge on any atom is -0.485 e. The van der Waals surface area contributed by atoms with Gasteiger partial charge in [-0.15, -0.1) is 0 Å². The van der Waals surface area contributed by atoms with E-state index in [-0.39, 0.29) is 18.5 Å². The predicted molar refractivity (Wildman–Crippen MR) is 79.5 cm³/mol. The third kappa shape index (κ3) is 6.87. The highest BCUT2D eigenvalue weighted by atomic mass is 19.1. The zero-order chi connectivity index (χ0) is 15.8. The molecule has 0 radical (unpaired) electrons. The van der Waals surface area contributed by atoms with Crippen molar-refractivity contribution >= 4 is 0 Å². The van der Waals surface area contributed by atoms with Gasteiger partial charge in [-0.25, -0.2) is 8.78 Å². The van der Waals surface area contributed by atoms with Crippen molar-refractivity contribution < 1.29 is 18.3 Å². The summed E-state index contributed by atoms with van der Waals surface area (Å²) in [5, 5.41) is 3.15. The van der Waals surface area contributed by atoms with E-state index < -0.39 is 11.6 Å². The smallest absolute Gasteiger partial charge is 0.190 e. The number of rotatable bonds is 9. The third-order valence-electron chi connectivity index (χ3n) is 2.72. The van der Waals surface area contributed by atoms with Gasteiger partial charge in [-0.2, -0.15) is 0 Å². The molecule has 3 nitrogen and oxygen atoms in total. The second kappa shape index (κ2) is 8.95. The van der Waals surface area contributed by atoms with E-state index in [1.165, 1.54) is 12.1 Å². The largest absolute Gasteiger partial charge is 0.485 e. The predicted octanol–water partition coefficient (Wildman–Crippen LogP) is 3.51. The molecule has 0 saturated carbocycles. The highest BCUT2D eigenvalue weighted by Crippen LogP contribution is 2.23. The molecule has 0 fully saturated rings. The third-order valence-corrected chi connectivity index (χ3v) is 2.72. The molecule has 0 aliphatic carbocycles. The Hall–Kier alpha value is -1.20. The lowest BCUT2D eigenvalue weighted by Crippen LogP contribution is -2.19. The Morgan fingerprint density at radius 3 is 2.19 bits per heavy atom. The fourth-order valence-corrected chi connectivity index (χ4v) is 1.79. The van der Waals surface area contributed by atoms with Gasteiger partial charge in [0, 0.05) is 6.54 Å². The molecule has 120 valence electrons. The van der Waals surface area contributed by atoms with Crippen LogP contribution in [0.3, 0.4) is 0 Å². The summed E-state index contributed by atoms with van der Waals surface area (Å²) >= 11 is 0. The number of nitrogens with one attached hydrogen (secondary N) is 1. The van der Waals surface area contributed by atoms with Gasteiger partial charge in [-0.3, -0.25) is 0 Å². The first kappa shape index (κ1) is 17.9. The highest BCUT2D eigenvalue weighted by Gasteiger charge is 2.12. The summed E-state index contributed by atoms with van der Waals surface area (Å²) < 4.78 is 38.1. The molecule has 1 aromatic carbocycles. The normalized spacial score (nSPS) is 11.4. The molecule has 0 aliphatic rings. The van der Waals surface area contributed by atoms with Gasteiger partial charge in [-0.1, -0.05) is 13.8 Å². The molecule has 0 bridgehead atoms. The lowest BCUT2D eigenvalue weighted by molar-refractivity contribution is 0.0535. The fourth-order valence-electron chi connectivity index (χ4n) is 1.79.